The summed E-state index contributed by atoms with van der Waals surface area (Å²) in [4.78, 5) is 6.87. The van der Waals surface area contributed by atoms with E-state index in [-0.39, 0.29) is 0 Å². The van der Waals surface area contributed by atoms with Gasteiger partial charge in [-0.3, -0.25) is 4.98 Å². The summed E-state index contributed by atoms with van der Waals surface area (Å²) < 4.78 is 11.8. The zero-order valence-electron chi connectivity index (χ0n) is 21.8. The van der Waals surface area contributed by atoms with Gasteiger partial charge >= 0.3 is 0 Å². The number of ether oxygens (including phenoxy) is 2. The molecule has 4 aromatic carbocycles. The number of hydrogen-bond donors (Lipinski definition) is 1. The molecule has 196 valence electrons. The third kappa shape index (κ3) is 4.79. The highest BCUT2D eigenvalue weighted by atomic mass is 16.5. The monoisotopic (exact) mass is 525 g/mol. The van der Waals surface area contributed by atoms with Crippen molar-refractivity contribution in [2.75, 3.05) is 36.5 Å². The molecule has 7 nitrogen and oxygen atoms in total. The molecule has 0 spiro atoms. The van der Waals surface area contributed by atoms with E-state index in [2.05, 4.69) is 67.9 Å². The summed E-state index contributed by atoms with van der Waals surface area (Å²) in [6.45, 7) is 3.25. The lowest BCUT2D eigenvalue weighted by Gasteiger charge is -2.29. The van der Waals surface area contributed by atoms with Crippen LogP contribution in [0.3, 0.4) is 0 Å². The van der Waals surface area contributed by atoms with Gasteiger partial charge in [-0.15, -0.1) is 10.2 Å². The topological polar surface area (TPSA) is 72.4 Å². The Balaban J connectivity index is 1.13. The Morgan fingerprint density at radius 2 is 1.50 bits per heavy atom. The fourth-order valence-corrected chi connectivity index (χ4v) is 5.09. The third-order valence-electron chi connectivity index (χ3n) is 7.14. The van der Waals surface area contributed by atoms with E-state index in [1.807, 2.05) is 60.7 Å². The molecule has 0 bridgehead atoms. The zero-order chi connectivity index (χ0) is 26.7. The lowest BCUT2D eigenvalue weighted by molar-refractivity contribution is 0.122. The Labute approximate surface area is 232 Å². The van der Waals surface area contributed by atoms with Crippen molar-refractivity contribution in [3.8, 4) is 22.8 Å². The van der Waals surface area contributed by atoms with Crippen LogP contribution in [0.25, 0.3) is 32.9 Å². The van der Waals surface area contributed by atoms with Gasteiger partial charge in [-0.2, -0.15) is 0 Å². The number of nitrogens with zero attached hydrogens (tertiary/aromatic N) is 4. The lowest BCUT2D eigenvalue weighted by atomic mass is 10.0. The molecular formula is C33H27N5O2. The van der Waals surface area contributed by atoms with Crippen molar-refractivity contribution in [2.24, 2.45) is 0 Å². The van der Waals surface area contributed by atoms with Gasteiger partial charge < -0.3 is 19.7 Å². The van der Waals surface area contributed by atoms with E-state index in [4.69, 9.17) is 9.47 Å². The average Bonchev–Trinajstić information content (AvgIpc) is 3.03. The molecule has 0 amide bonds. The number of benzene rings is 4. The van der Waals surface area contributed by atoms with Crippen molar-refractivity contribution >= 4 is 38.9 Å². The van der Waals surface area contributed by atoms with Crippen LogP contribution in [0.15, 0.2) is 109 Å². The highest BCUT2D eigenvalue weighted by molar-refractivity contribution is 6.00. The van der Waals surface area contributed by atoms with E-state index in [9.17, 15) is 0 Å². The van der Waals surface area contributed by atoms with Gasteiger partial charge in [0.05, 0.1) is 18.7 Å². The van der Waals surface area contributed by atoms with Crippen molar-refractivity contribution in [1.82, 2.24) is 15.2 Å². The molecular weight excluding hydrogens is 498 g/mol. The van der Waals surface area contributed by atoms with Crippen LogP contribution in [0.2, 0.25) is 0 Å². The van der Waals surface area contributed by atoms with E-state index >= 15 is 0 Å². The lowest BCUT2D eigenvalue weighted by Crippen LogP contribution is -2.36. The van der Waals surface area contributed by atoms with Crippen molar-refractivity contribution < 1.29 is 9.47 Å². The molecule has 1 aliphatic rings. The molecule has 0 atom stereocenters. The SMILES string of the molecule is c1ccc(-c2nnc(Nc3ccc(Oc4ccnc5ccc(N6CCOCC6)cc45)cc3)c3ccccc23)cc1. The number of pyridine rings is 1. The summed E-state index contributed by atoms with van der Waals surface area (Å²) in [5.74, 6) is 2.22. The Kier molecular flexibility index (Phi) is 6.39. The maximum Gasteiger partial charge on any atom is 0.161 e. The van der Waals surface area contributed by atoms with E-state index in [0.717, 1.165) is 82.1 Å². The second kappa shape index (κ2) is 10.6. The number of hydrogen-bond acceptors (Lipinski definition) is 7. The molecule has 0 radical (unpaired) electrons. The molecule has 1 saturated heterocycles. The minimum absolute atomic E-state index is 0.708. The molecule has 2 aromatic heterocycles. The molecule has 3 heterocycles. The maximum absolute atomic E-state index is 6.34. The van der Waals surface area contributed by atoms with Gasteiger partial charge in [0.1, 0.15) is 17.2 Å². The first kappa shape index (κ1) is 24.1. The number of nitrogens with one attached hydrogen (secondary N) is 1. The van der Waals surface area contributed by atoms with E-state index in [0.29, 0.717) is 5.82 Å². The quantitative estimate of drug-likeness (QED) is 0.246. The largest absolute Gasteiger partial charge is 0.457 e. The first-order chi connectivity index (χ1) is 19.8. The summed E-state index contributed by atoms with van der Waals surface area (Å²) in [6, 6.07) is 34.4. The highest BCUT2D eigenvalue weighted by Gasteiger charge is 2.14. The van der Waals surface area contributed by atoms with Gasteiger partial charge in [0, 0.05) is 52.4 Å². The predicted molar refractivity (Wildman–Crippen MR) is 160 cm³/mol. The second-order valence-corrected chi connectivity index (χ2v) is 9.67. The molecule has 1 fully saturated rings. The summed E-state index contributed by atoms with van der Waals surface area (Å²) in [6.07, 6.45) is 1.78. The van der Waals surface area contributed by atoms with E-state index in [1.165, 1.54) is 0 Å². The second-order valence-electron chi connectivity index (χ2n) is 9.67. The highest BCUT2D eigenvalue weighted by Crippen LogP contribution is 2.34. The van der Waals surface area contributed by atoms with Crippen molar-refractivity contribution in [3.63, 3.8) is 0 Å². The van der Waals surface area contributed by atoms with Crippen LogP contribution in [-0.4, -0.2) is 41.5 Å². The molecule has 0 aliphatic carbocycles. The first-order valence-electron chi connectivity index (χ1n) is 13.4. The van der Waals surface area contributed by atoms with Gasteiger partial charge in [-0.25, -0.2) is 0 Å². The fraction of sp³-hybridized carbons (Fsp3) is 0.121. The Hall–Kier alpha value is -5.01. The minimum atomic E-state index is 0.708. The number of aromatic nitrogens is 3. The number of anilines is 3. The van der Waals surface area contributed by atoms with E-state index in [1.54, 1.807) is 6.20 Å². The van der Waals surface area contributed by atoms with Crippen molar-refractivity contribution in [1.29, 1.82) is 0 Å². The van der Waals surface area contributed by atoms with Crippen LogP contribution in [-0.2, 0) is 4.74 Å². The first-order valence-corrected chi connectivity index (χ1v) is 13.4. The summed E-state index contributed by atoms with van der Waals surface area (Å²) in [7, 11) is 0. The van der Waals surface area contributed by atoms with Gasteiger partial charge in [-0.1, -0.05) is 54.6 Å². The van der Waals surface area contributed by atoms with Gasteiger partial charge in [0.2, 0.25) is 0 Å². The molecule has 40 heavy (non-hydrogen) atoms. The Morgan fingerprint density at radius 3 is 2.33 bits per heavy atom. The molecule has 1 N–H and O–H groups in total. The normalized spacial score (nSPS) is 13.4. The van der Waals surface area contributed by atoms with Crippen LogP contribution in [0.4, 0.5) is 17.2 Å². The van der Waals surface area contributed by atoms with Crippen molar-refractivity contribution in [3.05, 3.63) is 109 Å². The molecule has 0 unspecified atom stereocenters. The molecule has 1 aliphatic heterocycles. The summed E-state index contributed by atoms with van der Waals surface area (Å²) in [5, 5.41) is 15.6. The molecule has 7 rings (SSSR count). The average molecular weight is 526 g/mol. The van der Waals surface area contributed by atoms with Gasteiger partial charge in [0.15, 0.2) is 5.82 Å². The minimum Gasteiger partial charge on any atom is -0.457 e. The molecule has 0 saturated carbocycles. The van der Waals surface area contributed by atoms with Crippen LogP contribution in [0, 0.1) is 0 Å². The predicted octanol–water partition coefficient (Wildman–Crippen LogP) is 7.22. The van der Waals surface area contributed by atoms with Crippen LogP contribution >= 0.6 is 0 Å². The van der Waals surface area contributed by atoms with Crippen molar-refractivity contribution in [2.45, 2.75) is 0 Å². The fourth-order valence-electron chi connectivity index (χ4n) is 5.09. The summed E-state index contributed by atoms with van der Waals surface area (Å²) in [5.41, 5.74) is 4.86. The van der Waals surface area contributed by atoms with Crippen LogP contribution in [0.5, 0.6) is 11.5 Å². The molecule has 6 aromatic rings. The van der Waals surface area contributed by atoms with Crippen LogP contribution < -0.4 is 15.0 Å². The standard InChI is InChI=1S/C33H27N5O2/c1-2-6-23(7-3-1)32-27-8-4-5-9-28(27)33(37-36-32)35-24-10-13-26(14-11-24)40-31-16-17-34-30-15-12-25(22-29(30)31)38-18-20-39-21-19-38/h1-17,22H,18-21H2,(H,35,37). The van der Waals surface area contributed by atoms with Gasteiger partial charge in [-0.05, 0) is 48.5 Å². The summed E-state index contributed by atoms with van der Waals surface area (Å²) >= 11 is 0. The van der Waals surface area contributed by atoms with Crippen LogP contribution in [0.1, 0.15) is 0 Å². The maximum atomic E-state index is 6.34. The number of morpholine rings is 1. The third-order valence-corrected chi connectivity index (χ3v) is 7.14. The van der Waals surface area contributed by atoms with Gasteiger partial charge in [0.25, 0.3) is 0 Å². The Morgan fingerprint density at radius 1 is 0.725 bits per heavy atom. The Bertz CT molecular complexity index is 1790. The van der Waals surface area contributed by atoms with E-state index < -0.39 is 0 Å². The zero-order valence-corrected chi connectivity index (χ0v) is 21.8. The number of rotatable bonds is 6. The molecule has 7 heteroatoms. The smallest absolute Gasteiger partial charge is 0.161 e. The number of fused-ring (bicyclic) bond motifs is 2.